The summed E-state index contributed by atoms with van der Waals surface area (Å²) in [6.45, 7) is 0. The van der Waals surface area contributed by atoms with Gasteiger partial charge in [-0.25, -0.2) is 0 Å². The minimum atomic E-state index is -0.910. The number of nitro groups is 2. The lowest BCUT2D eigenvalue weighted by Crippen LogP contribution is -2.01. The normalized spacial score (nSPS) is 11.2. The van der Waals surface area contributed by atoms with Crippen molar-refractivity contribution in [1.29, 1.82) is 0 Å². The summed E-state index contributed by atoms with van der Waals surface area (Å²) in [7, 11) is 0. The van der Waals surface area contributed by atoms with Gasteiger partial charge < -0.3 is 5.11 Å². The standard InChI is InChI=1S/C8H7Cl2NO3.C8H5Cl2NO3/c2*9-4-8(12)5-1-2-6(10)7(3-5)11(13)14/h1-3,8,12H,4H2;1-3H,4H2. The number of carbonyl (C=O) groups excluding carboxylic acids is 1. The molecule has 1 atom stereocenters. The molecule has 2 aromatic carbocycles. The van der Waals surface area contributed by atoms with E-state index in [1.54, 1.807) is 0 Å². The number of nitro benzene ring substituents is 2. The van der Waals surface area contributed by atoms with Crippen LogP contribution in [0.25, 0.3) is 0 Å². The molecule has 28 heavy (non-hydrogen) atoms. The third-order valence-corrected chi connectivity index (χ3v) is 4.46. The van der Waals surface area contributed by atoms with E-state index in [2.05, 4.69) is 0 Å². The molecule has 0 aromatic heterocycles. The summed E-state index contributed by atoms with van der Waals surface area (Å²) in [4.78, 5) is 30.8. The predicted molar refractivity (Wildman–Crippen MR) is 107 cm³/mol. The number of hydrogen-bond acceptors (Lipinski definition) is 6. The molecule has 0 saturated heterocycles. The third kappa shape index (κ3) is 6.57. The van der Waals surface area contributed by atoms with Gasteiger partial charge in [0.15, 0.2) is 5.78 Å². The highest BCUT2D eigenvalue weighted by atomic mass is 35.5. The zero-order chi connectivity index (χ0) is 21.4. The Kier molecular flexibility index (Phi) is 9.57. The lowest BCUT2D eigenvalue weighted by molar-refractivity contribution is -0.384. The Labute approximate surface area is 178 Å². The smallest absolute Gasteiger partial charge is 0.288 e. The maximum absolute atomic E-state index is 11.1. The number of rotatable bonds is 6. The predicted octanol–water partition coefficient (Wildman–Crippen LogP) is 5.19. The summed E-state index contributed by atoms with van der Waals surface area (Å²) in [5, 5.41) is 30.3. The van der Waals surface area contributed by atoms with Gasteiger partial charge in [-0.3, -0.25) is 25.0 Å². The van der Waals surface area contributed by atoms with E-state index in [9.17, 15) is 30.1 Å². The van der Waals surface area contributed by atoms with Crippen molar-refractivity contribution in [1.82, 2.24) is 0 Å². The molecule has 0 radical (unpaired) electrons. The SMILES string of the molecule is O=C(CCl)c1ccc(Cl)c([N+](=O)[O-])c1.O=[N+]([O-])c1cc(C(O)CCl)ccc1Cl. The topological polar surface area (TPSA) is 124 Å². The molecule has 12 heteroatoms. The molecule has 0 bridgehead atoms. The Bertz CT molecular complexity index is 893. The van der Waals surface area contributed by atoms with Crippen LogP contribution >= 0.6 is 46.4 Å². The van der Waals surface area contributed by atoms with Crippen LogP contribution in [0.1, 0.15) is 22.0 Å². The fourth-order valence-electron chi connectivity index (χ4n) is 1.87. The van der Waals surface area contributed by atoms with Gasteiger partial charge in [0, 0.05) is 17.7 Å². The van der Waals surface area contributed by atoms with Crippen molar-refractivity contribution in [3.05, 3.63) is 77.8 Å². The van der Waals surface area contributed by atoms with Crippen molar-refractivity contribution in [2.45, 2.75) is 6.10 Å². The van der Waals surface area contributed by atoms with Gasteiger partial charge in [0.2, 0.25) is 0 Å². The van der Waals surface area contributed by atoms with Crippen LogP contribution in [0, 0.1) is 20.2 Å². The molecule has 8 nitrogen and oxygen atoms in total. The zero-order valence-electron chi connectivity index (χ0n) is 13.9. The number of halogens is 4. The van der Waals surface area contributed by atoms with Gasteiger partial charge in [-0.1, -0.05) is 29.3 Å². The van der Waals surface area contributed by atoms with E-state index >= 15 is 0 Å². The Morgan fingerprint density at radius 2 is 1.46 bits per heavy atom. The summed E-state index contributed by atoms with van der Waals surface area (Å²) in [6.07, 6.45) is -0.910. The van der Waals surface area contributed by atoms with Crippen molar-refractivity contribution in [3.63, 3.8) is 0 Å². The van der Waals surface area contributed by atoms with Crippen molar-refractivity contribution >= 4 is 63.6 Å². The van der Waals surface area contributed by atoms with Gasteiger partial charge in [0.1, 0.15) is 10.0 Å². The Balaban J connectivity index is 0.000000280. The molecule has 0 heterocycles. The monoisotopic (exact) mass is 468 g/mol. The molecular weight excluding hydrogens is 458 g/mol. The summed E-state index contributed by atoms with van der Waals surface area (Å²) in [6, 6.07) is 7.91. The maximum atomic E-state index is 11.1. The van der Waals surface area contributed by atoms with Crippen LogP contribution in [0.5, 0.6) is 0 Å². The van der Waals surface area contributed by atoms with E-state index in [0.717, 1.165) is 6.07 Å². The molecule has 0 amide bonds. The molecule has 1 unspecified atom stereocenters. The van der Waals surface area contributed by atoms with E-state index in [0.29, 0.717) is 5.56 Å². The number of nitrogens with zero attached hydrogens (tertiary/aromatic N) is 2. The second-order valence-corrected chi connectivity index (χ2v) is 6.51. The summed E-state index contributed by atoms with van der Waals surface area (Å²) in [5.74, 6) is -0.594. The van der Waals surface area contributed by atoms with E-state index < -0.39 is 16.0 Å². The van der Waals surface area contributed by atoms with E-state index in [4.69, 9.17) is 46.4 Å². The van der Waals surface area contributed by atoms with Crippen LogP contribution in [-0.4, -0.2) is 32.5 Å². The lowest BCUT2D eigenvalue weighted by atomic mass is 10.1. The molecule has 1 N–H and O–H groups in total. The van der Waals surface area contributed by atoms with Gasteiger partial charge in [-0.15, -0.1) is 23.2 Å². The first kappa shape index (κ1) is 24.1. The number of carbonyl (C=O) groups is 1. The first-order chi connectivity index (χ1) is 13.1. The van der Waals surface area contributed by atoms with Crippen LogP contribution in [0.15, 0.2) is 36.4 Å². The molecule has 0 saturated carbocycles. The number of ketones is 1. The Morgan fingerprint density at radius 1 is 0.964 bits per heavy atom. The average molecular weight is 470 g/mol. The highest BCUT2D eigenvalue weighted by molar-refractivity contribution is 6.33. The van der Waals surface area contributed by atoms with Crippen LogP contribution in [0.3, 0.4) is 0 Å². The van der Waals surface area contributed by atoms with Crippen LogP contribution < -0.4 is 0 Å². The number of alkyl halides is 2. The number of benzene rings is 2. The van der Waals surface area contributed by atoms with Gasteiger partial charge in [0.05, 0.1) is 27.7 Å². The molecule has 0 spiro atoms. The molecule has 0 aliphatic carbocycles. The minimum Gasteiger partial charge on any atom is -0.387 e. The van der Waals surface area contributed by atoms with Crippen molar-refractivity contribution in [3.8, 4) is 0 Å². The molecular formula is C16H12Cl4N2O6. The highest BCUT2D eigenvalue weighted by Crippen LogP contribution is 2.28. The molecule has 0 aliphatic rings. The first-order valence-corrected chi connectivity index (χ1v) is 9.15. The van der Waals surface area contributed by atoms with Gasteiger partial charge in [-0.2, -0.15) is 0 Å². The highest BCUT2D eigenvalue weighted by Gasteiger charge is 2.16. The second-order valence-electron chi connectivity index (χ2n) is 5.12. The van der Waals surface area contributed by atoms with Gasteiger partial charge in [0.25, 0.3) is 11.4 Å². The molecule has 2 rings (SSSR count). The van der Waals surface area contributed by atoms with Gasteiger partial charge >= 0.3 is 0 Å². The van der Waals surface area contributed by atoms with E-state index in [-0.39, 0.29) is 44.5 Å². The van der Waals surface area contributed by atoms with E-state index in [1.165, 1.54) is 30.3 Å². The average Bonchev–Trinajstić information content (AvgIpc) is 2.67. The summed E-state index contributed by atoms with van der Waals surface area (Å²) in [5.41, 5.74) is 0.0585. The molecule has 0 fully saturated rings. The van der Waals surface area contributed by atoms with Gasteiger partial charge in [-0.05, 0) is 23.8 Å². The maximum Gasteiger partial charge on any atom is 0.288 e. The van der Waals surface area contributed by atoms with Crippen molar-refractivity contribution < 1.29 is 19.7 Å². The lowest BCUT2D eigenvalue weighted by Gasteiger charge is -2.06. The number of aliphatic hydroxyl groups is 1. The Morgan fingerprint density at radius 3 is 1.93 bits per heavy atom. The number of hydrogen-bond donors (Lipinski definition) is 1. The number of aliphatic hydroxyl groups excluding tert-OH is 1. The molecule has 150 valence electrons. The molecule has 0 aliphatic heterocycles. The van der Waals surface area contributed by atoms with E-state index in [1.807, 2.05) is 0 Å². The third-order valence-electron chi connectivity index (χ3n) is 3.28. The number of Topliss-reactive ketones (excluding diaryl/α,β-unsaturated/α-hetero) is 1. The molecule has 2 aromatic rings. The van der Waals surface area contributed by atoms with Crippen LogP contribution in [0.2, 0.25) is 10.0 Å². The zero-order valence-corrected chi connectivity index (χ0v) is 16.9. The Hall–Kier alpha value is -1.97. The van der Waals surface area contributed by atoms with Crippen LogP contribution in [0.4, 0.5) is 11.4 Å². The summed E-state index contributed by atoms with van der Waals surface area (Å²) < 4.78 is 0. The first-order valence-electron chi connectivity index (χ1n) is 7.33. The fraction of sp³-hybridized carbons (Fsp3) is 0.188. The summed E-state index contributed by atoms with van der Waals surface area (Å²) >= 11 is 21.8. The second kappa shape index (κ2) is 11.1. The fourth-order valence-corrected chi connectivity index (χ4v) is 2.57. The van der Waals surface area contributed by atoms with Crippen molar-refractivity contribution in [2.75, 3.05) is 11.8 Å². The minimum absolute atomic E-state index is 0.00104. The quantitative estimate of drug-likeness (QED) is 0.268. The largest absolute Gasteiger partial charge is 0.387 e. The van der Waals surface area contributed by atoms with Crippen molar-refractivity contribution in [2.24, 2.45) is 0 Å². The van der Waals surface area contributed by atoms with Crippen LogP contribution in [-0.2, 0) is 0 Å².